The third-order valence-corrected chi connectivity index (χ3v) is 6.18. The quantitative estimate of drug-likeness (QED) is 0.571. The predicted molar refractivity (Wildman–Crippen MR) is 128 cm³/mol. The topological polar surface area (TPSA) is 62.3 Å². The van der Waals surface area contributed by atoms with E-state index in [9.17, 15) is 14.0 Å². The van der Waals surface area contributed by atoms with Gasteiger partial charge in [-0.05, 0) is 42.5 Å². The lowest BCUT2D eigenvalue weighted by molar-refractivity contribution is -0.130. The number of hydrogen-bond acceptors (Lipinski definition) is 3. The number of rotatable bonds is 7. The van der Waals surface area contributed by atoms with Gasteiger partial charge in [0, 0.05) is 43.1 Å². The summed E-state index contributed by atoms with van der Waals surface area (Å²) in [5.41, 5.74) is 2.82. The van der Waals surface area contributed by atoms with Crippen molar-refractivity contribution in [3.05, 3.63) is 77.2 Å². The van der Waals surface area contributed by atoms with E-state index in [-0.39, 0.29) is 30.0 Å². The number of aryl methyl sites for hydroxylation is 1. The lowest BCUT2D eigenvalue weighted by atomic mass is 9.99. The molecule has 2 heterocycles. The van der Waals surface area contributed by atoms with Gasteiger partial charge in [0.15, 0.2) is 0 Å². The number of likely N-dealkylation sites (tertiary alicyclic amines) is 1. The van der Waals surface area contributed by atoms with Gasteiger partial charge in [0.2, 0.25) is 5.91 Å². The summed E-state index contributed by atoms with van der Waals surface area (Å²) in [6.07, 6.45) is 1.46. The molecule has 0 aliphatic carbocycles. The first-order valence-corrected chi connectivity index (χ1v) is 11.6. The first kappa shape index (κ1) is 22.9. The Kier molecular flexibility index (Phi) is 7.02. The molecule has 1 aromatic heterocycles. The Bertz CT molecular complexity index is 1160. The average Bonchev–Trinajstić information content (AvgIpc) is 3.31. The molecule has 0 saturated carbocycles. The summed E-state index contributed by atoms with van der Waals surface area (Å²) in [6, 6.07) is 16.1. The molecule has 1 fully saturated rings. The van der Waals surface area contributed by atoms with Crippen LogP contribution in [0.15, 0.2) is 54.6 Å². The van der Waals surface area contributed by atoms with Crippen molar-refractivity contribution >= 4 is 22.7 Å². The monoisotopic (exact) mass is 447 g/mol. The molecule has 0 unspecified atom stereocenters. The van der Waals surface area contributed by atoms with Gasteiger partial charge in [0.25, 0.3) is 5.91 Å². The fourth-order valence-corrected chi connectivity index (χ4v) is 4.31. The van der Waals surface area contributed by atoms with E-state index >= 15 is 0 Å². The van der Waals surface area contributed by atoms with Gasteiger partial charge in [-0.1, -0.05) is 50.2 Å². The first-order valence-electron chi connectivity index (χ1n) is 11.6. The van der Waals surface area contributed by atoms with Gasteiger partial charge in [0.1, 0.15) is 5.82 Å². The van der Waals surface area contributed by atoms with Gasteiger partial charge in [-0.15, -0.1) is 0 Å². The van der Waals surface area contributed by atoms with E-state index in [0.29, 0.717) is 43.1 Å². The van der Waals surface area contributed by atoms with E-state index in [1.807, 2.05) is 35.2 Å². The zero-order valence-electron chi connectivity index (χ0n) is 19.2. The van der Waals surface area contributed by atoms with Crippen LogP contribution in [0.3, 0.4) is 0 Å². The molecule has 1 aliphatic rings. The summed E-state index contributed by atoms with van der Waals surface area (Å²) in [4.78, 5) is 32.3. The molecule has 1 N–H and O–H groups in total. The third kappa shape index (κ3) is 5.38. The number of para-hydroxylation sites is 1. The Morgan fingerprint density at radius 2 is 1.91 bits per heavy atom. The van der Waals surface area contributed by atoms with Crippen LogP contribution in [0, 0.1) is 11.7 Å². The molecule has 6 heteroatoms. The number of nitrogens with zero attached hydrogens (tertiary/aromatic N) is 2. The Hall–Kier alpha value is -3.28. The molecular weight excluding hydrogens is 417 g/mol. The minimum absolute atomic E-state index is 0.0245. The smallest absolute Gasteiger partial charge is 0.252 e. The number of aromatic nitrogens is 1. The summed E-state index contributed by atoms with van der Waals surface area (Å²) < 4.78 is 13.9. The Morgan fingerprint density at radius 3 is 2.70 bits per heavy atom. The number of nitrogens with one attached hydrogen (secondary N) is 1. The van der Waals surface area contributed by atoms with Gasteiger partial charge in [-0.3, -0.25) is 14.6 Å². The second-order valence-electron chi connectivity index (χ2n) is 9.13. The van der Waals surface area contributed by atoms with Crippen molar-refractivity contribution in [1.82, 2.24) is 15.2 Å². The molecule has 1 aliphatic heterocycles. The van der Waals surface area contributed by atoms with Crippen molar-refractivity contribution in [3.8, 4) is 0 Å². The van der Waals surface area contributed by atoms with Crippen LogP contribution in [0.2, 0.25) is 0 Å². The fourth-order valence-electron chi connectivity index (χ4n) is 4.31. The molecule has 3 aromatic rings. The number of carbonyl (C=O) groups excluding carboxylic acids is 2. The highest BCUT2D eigenvalue weighted by molar-refractivity contribution is 6.06. The van der Waals surface area contributed by atoms with Crippen LogP contribution in [0.5, 0.6) is 0 Å². The van der Waals surface area contributed by atoms with Crippen LogP contribution in [0.4, 0.5) is 4.39 Å². The molecule has 0 radical (unpaired) electrons. The van der Waals surface area contributed by atoms with E-state index in [1.54, 1.807) is 18.2 Å². The highest BCUT2D eigenvalue weighted by Gasteiger charge is 2.29. The number of pyridine rings is 1. The highest BCUT2D eigenvalue weighted by Crippen LogP contribution is 2.30. The SMILES string of the molecule is CC(C)CNC(=O)c1cc([C@@H]2CCN(C(=O)CCc3ccccc3F)C2)nc2ccccc12. The van der Waals surface area contributed by atoms with Crippen molar-refractivity contribution in [1.29, 1.82) is 0 Å². The maximum atomic E-state index is 13.9. The Labute approximate surface area is 194 Å². The normalized spacial score (nSPS) is 15.9. The van der Waals surface area contributed by atoms with Crippen LogP contribution >= 0.6 is 0 Å². The second-order valence-corrected chi connectivity index (χ2v) is 9.13. The van der Waals surface area contributed by atoms with E-state index in [0.717, 1.165) is 23.0 Å². The Balaban J connectivity index is 1.48. The standard InChI is InChI=1S/C27H30FN3O2/c1-18(2)16-29-27(33)22-15-25(30-24-10-6-4-8-21(22)24)20-13-14-31(17-20)26(32)12-11-19-7-3-5-9-23(19)28/h3-10,15,18,20H,11-14,16-17H2,1-2H3,(H,29,33)/t20-/m1/s1. The fraction of sp³-hybridized carbons (Fsp3) is 0.370. The number of carbonyl (C=O) groups is 2. The number of halogens is 1. The molecule has 33 heavy (non-hydrogen) atoms. The summed E-state index contributed by atoms with van der Waals surface area (Å²) in [6.45, 7) is 5.94. The zero-order chi connectivity index (χ0) is 23.4. The largest absolute Gasteiger partial charge is 0.352 e. The van der Waals surface area contributed by atoms with Crippen molar-refractivity contribution in [2.75, 3.05) is 19.6 Å². The number of hydrogen-bond donors (Lipinski definition) is 1. The second kappa shape index (κ2) is 10.1. The molecule has 1 atom stereocenters. The van der Waals surface area contributed by atoms with E-state index in [1.165, 1.54) is 6.07 Å². The van der Waals surface area contributed by atoms with Gasteiger partial charge in [-0.25, -0.2) is 4.39 Å². The van der Waals surface area contributed by atoms with Gasteiger partial charge >= 0.3 is 0 Å². The van der Waals surface area contributed by atoms with Crippen LogP contribution < -0.4 is 5.32 Å². The summed E-state index contributed by atoms with van der Waals surface area (Å²) in [7, 11) is 0. The first-order chi connectivity index (χ1) is 15.9. The predicted octanol–water partition coefficient (Wildman–Crippen LogP) is 4.71. The van der Waals surface area contributed by atoms with E-state index < -0.39 is 0 Å². The summed E-state index contributed by atoms with van der Waals surface area (Å²) >= 11 is 0. The maximum absolute atomic E-state index is 13.9. The molecular formula is C27H30FN3O2. The van der Waals surface area contributed by atoms with Crippen molar-refractivity contribution < 1.29 is 14.0 Å². The Morgan fingerprint density at radius 1 is 1.15 bits per heavy atom. The molecule has 2 aromatic carbocycles. The number of benzene rings is 2. The van der Waals surface area contributed by atoms with Crippen molar-refractivity contribution in [3.63, 3.8) is 0 Å². The van der Waals surface area contributed by atoms with Crippen LogP contribution in [-0.4, -0.2) is 41.3 Å². The molecule has 172 valence electrons. The number of amides is 2. The highest BCUT2D eigenvalue weighted by atomic mass is 19.1. The van der Waals surface area contributed by atoms with Crippen LogP contribution in [0.1, 0.15) is 54.2 Å². The molecule has 0 spiro atoms. The van der Waals surface area contributed by atoms with E-state index in [4.69, 9.17) is 4.98 Å². The lowest BCUT2D eigenvalue weighted by Crippen LogP contribution is -2.29. The van der Waals surface area contributed by atoms with Crippen LogP contribution in [-0.2, 0) is 11.2 Å². The average molecular weight is 448 g/mol. The summed E-state index contributed by atoms with van der Waals surface area (Å²) in [5, 5.41) is 3.84. The summed E-state index contributed by atoms with van der Waals surface area (Å²) in [5.74, 6) is 0.0907. The maximum Gasteiger partial charge on any atom is 0.252 e. The number of fused-ring (bicyclic) bond motifs is 1. The third-order valence-electron chi connectivity index (χ3n) is 6.18. The van der Waals surface area contributed by atoms with E-state index in [2.05, 4.69) is 19.2 Å². The minimum Gasteiger partial charge on any atom is -0.352 e. The van der Waals surface area contributed by atoms with Gasteiger partial charge in [0.05, 0.1) is 11.1 Å². The minimum atomic E-state index is -0.270. The van der Waals surface area contributed by atoms with Crippen LogP contribution in [0.25, 0.3) is 10.9 Å². The molecule has 1 saturated heterocycles. The van der Waals surface area contributed by atoms with Crippen molar-refractivity contribution in [2.45, 2.75) is 39.0 Å². The molecule has 0 bridgehead atoms. The molecule has 5 nitrogen and oxygen atoms in total. The van der Waals surface area contributed by atoms with Crippen molar-refractivity contribution in [2.24, 2.45) is 5.92 Å². The lowest BCUT2D eigenvalue weighted by Gasteiger charge is -2.17. The van der Waals surface area contributed by atoms with Gasteiger partial charge in [-0.2, -0.15) is 0 Å². The molecule has 4 rings (SSSR count). The van der Waals surface area contributed by atoms with Gasteiger partial charge < -0.3 is 10.2 Å². The zero-order valence-corrected chi connectivity index (χ0v) is 19.2. The molecule has 2 amide bonds.